The smallest absolute Gasteiger partial charge is 0.123 e. The summed E-state index contributed by atoms with van der Waals surface area (Å²) in [5.41, 5.74) is 0. The van der Waals surface area contributed by atoms with Crippen LogP contribution in [0.5, 0.6) is 0 Å². The Kier molecular flexibility index (Phi) is 2.65. The van der Waals surface area contributed by atoms with E-state index < -0.39 is 0 Å². The van der Waals surface area contributed by atoms with Crippen LogP contribution in [0.4, 0.5) is 0 Å². The lowest BCUT2D eigenvalue weighted by molar-refractivity contribution is -0.123. The Bertz CT molecular complexity index is 210. The summed E-state index contributed by atoms with van der Waals surface area (Å²) in [5.74, 6) is 3.02. The highest BCUT2D eigenvalue weighted by Gasteiger charge is 2.44. The van der Waals surface area contributed by atoms with Crippen LogP contribution in [-0.2, 0) is 4.79 Å². The minimum Gasteiger partial charge on any atom is -0.306 e. The zero-order valence-electron chi connectivity index (χ0n) is 9.44. The van der Waals surface area contributed by atoms with Gasteiger partial charge in [-0.2, -0.15) is 0 Å². The molecule has 2 fully saturated rings. The molecule has 0 aromatic carbocycles. The molecule has 4 atom stereocenters. The third kappa shape index (κ3) is 1.50. The standard InChI is InChI=1S/C12H21NO/c1-8-4-9(2)11-6-13(3)5-10(8)12(11)7-14/h7-12H,4-6H2,1-3H3. The predicted molar refractivity (Wildman–Crippen MR) is 57.0 cm³/mol. The average molecular weight is 195 g/mol. The SMILES string of the molecule is CC1CC(C)C2CN(C)CC1C2C=O. The van der Waals surface area contributed by atoms with Gasteiger partial charge in [0, 0.05) is 19.0 Å². The van der Waals surface area contributed by atoms with E-state index in [1.54, 1.807) is 0 Å². The first-order valence-electron chi connectivity index (χ1n) is 5.77. The second kappa shape index (κ2) is 3.65. The van der Waals surface area contributed by atoms with E-state index in [9.17, 15) is 4.79 Å². The van der Waals surface area contributed by atoms with E-state index >= 15 is 0 Å². The Labute approximate surface area is 86.7 Å². The molecule has 14 heavy (non-hydrogen) atoms. The first-order valence-corrected chi connectivity index (χ1v) is 5.77. The molecule has 2 aliphatic rings. The molecule has 0 aromatic rings. The van der Waals surface area contributed by atoms with Crippen LogP contribution in [0, 0.1) is 29.6 Å². The quantitative estimate of drug-likeness (QED) is 0.593. The van der Waals surface area contributed by atoms with Crippen molar-refractivity contribution in [2.24, 2.45) is 29.6 Å². The number of carbonyl (C=O) groups excluding carboxylic acids is 1. The Hall–Kier alpha value is -0.370. The Morgan fingerprint density at radius 1 is 1.14 bits per heavy atom. The molecule has 2 rings (SSSR count). The summed E-state index contributed by atoms with van der Waals surface area (Å²) in [5, 5.41) is 0. The molecular weight excluding hydrogens is 174 g/mol. The monoisotopic (exact) mass is 195 g/mol. The highest BCUT2D eigenvalue weighted by atomic mass is 16.1. The van der Waals surface area contributed by atoms with Crippen LogP contribution in [0.3, 0.4) is 0 Å². The van der Waals surface area contributed by atoms with Crippen molar-refractivity contribution in [2.75, 3.05) is 20.1 Å². The van der Waals surface area contributed by atoms with Crippen LogP contribution in [0.1, 0.15) is 20.3 Å². The number of aldehydes is 1. The largest absolute Gasteiger partial charge is 0.306 e. The van der Waals surface area contributed by atoms with Crippen molar-refractivity contribution in [3.8, 4) is 0 Å². The highest BCUT2D eigenvalue weighted by Crippen LogP contribution is 2.44. The van der Waals surface area contributed by atoms with Crippen molar-refractivity contribution in [2.45, 2.75) is 20.3 Å². The Balaban J connectivity index is 2.22. The molecule has 4 unspecified atom stereocenters. The summed E-state index contributed by atoms with van der Waals surface area (Å²) in [6.07, 6.45) is 2.54. The average Bonchev–Trinajstić information content (AvgIpc) is 2.14. The van der Waals surface area contributed by atoms with Crippen molar-refractivity contribution in [3.05, 3.63) is 0 Å². The van der Waals surface area contributed by atoms with E-state index in [0.29, 0.717) is 17.8 Å². The van der Waals surface area contributed by atoms with Crippen molar-refractivity contribution in [3.63, 3.8) is 0 Å². The third-order valence-corrected chi connectivity index (χ3v) is 4.40. The summed E-state index contributed by atoms with van der Waals surface area (Å²) in [7, 11) is 2.19. The summed E-state index contributed by atoms with van der Waals surface area (Å²) >= 11 is 0. The number of hydrogen-bond donors (Lipinski definition) is 0. The third-order valence-electron chi connectivity index (χ3n) is 4.40. The fourth-order valence-electron chi connectivity index (χ4n) is 3.61. The number of piperidine rings is 1. The van der Waals surface area contributed by atoms with Gasteiger partial charge in [0.2, 0.25) is 0 Å². The molecule has 0 N–H and O–H groups in total. The van der Waals surface area contributed by atoms with Crippen LogP contribution >= 0.6 is 0 Å². The van der Waals surface area contributed by atoms with Crippen molar-refractivity contribution >= 4 is 6.29 Å². The van der Waals surface area contributed by atoms with Gasteiger partial charge in [-0.3, -0.25) is 0 Å². The van der Waals surface area contributed by atoms with Crippen LogP contribution in [0.15, 0.2) is 0 Å². The van der Waals surface area contributed by atoms with Crippen molar-refractivity contribution < 1.29 is 4.79 Å². The van der Waals surface area contributed by atoms with Gasteiger partial charge in [0.1, 0.15) is 6.29 Å². The van der Waals surface area contributed by atoms with E-state index in [2.05, 4.69) is 25.8 Å². The molecule has 2 nitrogen and oxygen atoms in total. The normalized spacial score (nSPS) is 48.9. The van der Waals surface area contributed by atoms with Gasteiger partial charge in [-0.15, -0.1) is 0 Å². The van der Waals surface area contributed by atoms with E-state index in [4.69, 9.17) is 0 Å². The summed E-state index contributed by atoms with van der Waals surface area (Å²) in [6.45, 7) is 6.86. The number of nitrogens with zero attached hydrogens (tertiary/aromatic N) is 1. The second-order valence-electron chi connectivity index (χ2n) is 5.45. The molecule has 0 amide bonds. The molecule has 2 bridgehead atoms. The Morgan fingerprint density at radius 2 is 1.64 bits per heavy atom. The number of hydrogen-bond acceptors (Lipinski definition) is 2. The molecule has 0 spiro atoms. The van der Waals surface area contributed by atoms with E-state index in [1.165, 1.54) is 12.7 Å². The first kappa shape index (κ1) is 10.2. The van der Waals surface area contributed by atoms with Gasteiger partial charge in [-0.05, 0) is 37.1 Å². The van der Waals surface area contributed by atoms with E-state index in [-0.39, 0.29) is 0 Å². The van der Waals surface area contributed by atoms with Crippen molar-refractivity contribution in [1.82, 2.24) is 4.90 Å². The van der Waals surface area contributed by atoms with Crippen molar-refractivity contribution in [1.29, 1.82) is 0 Å². The molecule has 1 saturated carbocycles. The van der Waals surface area contributed by atoms with Gasteiger partial charge in [-0.25, -0.2) is 0 Å². The van der Waals surface area contributed by atoms with Crippen LogP contribution in [0.25, 0.3) is 0 Å². The number of carbonyl (C=O) groups is 1. The fourth-order valence-corrected chi connectivity index (χ4v) is 3.61. The first-order chi connectivity index (χ1) is 6.63. The minimum atomic E-state index is 0.338. The zero-order chi connectivity index (χ0) is 10.3. The van der Waals surface area contributed by atoms with Gasteiger partial charge < -0.3 is 9.69 Å². The van der Waals surface area contributed by atoms with Gasteiger partial charge >= 0.3 is 0 Å². The van der Waals surface area contributed by atoms with Gasteiger partial charge in [0.15, 0.2) is 0 Å². The molecule has 1 aliphatic carbocycles. The van der Waals surface area contributed by atoms with E-state index in [1.807, 2.05) is 0 Å². The van der Waals surface area contributed by atoms with Gasteiger partial charge in [0.25, 0.3) is 0 Å². The second-order valence-corrected chi connectivity index (χ2v) is 5.45. The molecule has 1 saturated heterocycles. The summed E-state index contributed by atoms with van der Waals surface area (Å²) in [4.78, 5) is 13.6. The summed E-state index contributed by atoms with van der Waals surface area (Å²) < 4.78 is 0. The number of fused-ring (bicyclic) bond motifs is 2. The van der Waals surface area contributed by atoms with Crippen LogP contribution < -0.4 is 0 Å². The lowest BCUT2D eigenvalue weighted by Crippen LogP contribution is -2.53. The molecule has 80 valence electrons. The molecular formula is C12H21NO. The van der Waals surface area contributed by atoms with Gasteiger partial charge in [-0.1, -0.05) is 13.8 Å². The molecule has 1 aliphatic heterocycles. The molecule has 0 aromatic heterocycles. The lowest BCUT2D eigenvalue weighted by atomic mass is 9.61. The van der Waals surface area contributed by atoms with Gasteiger partial charge in [0.05, 0.1) is 0 Å². The van der Waals surface area contributed by atoms with Crippen LogP contribution in [0.2, 0.25) is 0 Å². The predicted octanol–water partition coefficient (Wildman–Crippen LogP) is 1.66. The minimum absolute atomic E-state index is 0.338. The van der Waals surface area contributed by atoms with E-state index in [0.717, 1.165) is 24.9 Å². The molecule has 0 radical (unpaired) electrons. The maximum Gasteiger partial charge on any atom is 0.123 e. The summed E-state index contributed by atoms with van der Waals surface area (Å²) in [6, 6.07) is 0. The molecule has 1 heterocycles. The van der Waals surface area contributed by atoms with Crippen LogP contribution in [-0.4, -0.2) is 31.3 Å². The number of likely N-dealkylation sites (tertiary alicyclic amines) is 1. The maximum absolute atomic E-state index is 11.2. The lowest BCUT2D eigenvalue weighted by Gasteiger charge is -2.50. The maximum atomic E-state index is 11.2. The highest BCUT2D eigenvalue weighted by molar-refractivity contribution is 5.55. The Morgan fingerprint density at radius 3 is 2.07 bits per heavy atom. The molecule has 2 heteroatoms. The topological polar surface area (TPSA) is 20.3 Å². The number of rotatable bonds is 1. The zero-order valence-corrected chi connectivity index (χ0v) is 9.44. The fraction of sp³-hybridized carbons (Fsp3) is 0.917.